The Kier molecular flexibility index (Phi) is 4.94. The maximum Gasteiger partial charge on any atom is 0.134 e. The van der Waals surface area contributed by atoms with Gasteiger partial charge in [-0.3, -0.25) is 0 Å². The Morgan fingerprint density at radius 3 is 2.82 bits per heavy atom. The van der Waals surface area contributed by atoms with E-state index in [0.29, 0.717) is 11.6 Å². The third-order valence-electron chi connectivity index (χ3n) is 2.52. The predicted octanol–water partition coefficient (Wildman–Crippen LogP) is 3.89. The molecule has 0 radical (unpaired) electrons. The second-order valence-corrected chi connectivity index (χ2v) is 4.05. The number of aromatic nitrogens is 1. The van der Waals surface area contributed by atoms with Crippen molar-refractivity contribution in [3.8, 4) is 0 Å². The first-order valence-corrected chi connectivity index (χ1v) is 5.52. The number of nitrogens with two attached hydrogens (primary N) is 1. The first-order chi connectivity index (χ1) is 7.72. The van der Waals surface area contributed by atoms with Crippen LogP contribution in [0.2, 0.25) is 5.15 Å². The summed E-state index contributed by atoms with van der Waals surface area (Å²) in [6.45, 7) is 3.67. The van der Waals surface area contributed by atoms with Crippen LogP contribution in [0.3, 0.4) is 0 Å². The third kappa shape index (κ3) is 2.97. The van der Waals surface area contributed by atoms with Crippen LogP contribution in [0.1, 0.15) is 18.0 Å². The van der Waals surface area contributed by atoms with E-state index in [1.54, 1.807) is 6.08 Å². The number of hydrogen-bond donors (Lipinski definition) is 1. The molecule has 2 rings (SSSR count). The zero-order valence-corrected chi connectivity index (χ0v) is 10.8. The molecular formula is C13H14Cl2N2. The molecule has 1 atom stereocenters. The van der Waals surface area contributed by atoms with Crippen molar-refractivity contribution in [3.05, 3.63) is 53.7 Å². The minimum absolute atomic E-state index is 0. The molecule has 17 heavy (non-hydrogen) atoms. The first-order valence-electron chi connectivity index (χ1n) is 5.14. The van der Waals surface area contributed by atoms with E-state index in [1.807, 2.05) is 30.3 Å². The summed E-state index contributed by atoms with van der Waals surface area (Å²) in [5.41, 5.74) is 7.77. The maximum absolute atomic E-state index is 6.11. The van der Waals surface area contributed by atoms with Gasteiger partial charge in [0.2, 0.25) is 0 Å². The van der Waals surface area contributed by atoms with Crippen LogP contribution >= 0.6 is 24.0 Å². The monoisotopic (exact) mass is 268 g/mol. The molecule has 0 amide bonds. The summed E-state index contributed by atoms with van der Waals surface area (Å²) in [5, 5.41) is 1.54. The highest BCUT2D eigenvalue weighted by Crippen LogP contribution is 2.26. The Hall–Kier alpha value is -1.09. The summed E-state index contributed by atoms with van der Waals surface area (Å²) in [6, 6.07) is 9.71. The Labute approximate surface area is 112 Å². The summed E-state index contributed by atoms with van der Waals surface area (Å²) in [6.07, 6.45) is 2.48. The van der Waals surface area contributed by atoms with Crippen LogP contribution in [0.5, 0.6) is 0 Å². The van der Waals surface area contributed by atoms with E-state index in [-0.39, 0.29) is 18.4 Å². The Bertz CT molecular complexity index is 526. The van der Waals surface area contributed by atoms with Gasteiger partial charge in [-0.15, -0.1) is 19.0 Å². The average Bonchev–Trinajstić information content (AvgIpc) is 2.28. The van der Waals surface area contributed by atoms with Crippen molar-refractivity contribution in [3.63, 3.8) is 0 Å². The lowest BCUT2D eigenvalue weighted by atomic mass is 10.0. The van der Waals surface area contributed by atoms with Gasteiger partial charge in [-0.25, -0.2) is 4.98 Å². The number of pyridine rings is 1. The topological polar surface area (TPSA) is 38.9 Å². The van der Waals surface area contributed by atoms with E-state index in [9.17, 15) is 0 Å². The van der Waals surface area contributed by atoms with Crippen LogP contribution in [-0.2, 0) is 0 Å². The number of rotatable bonds is 3. The molecule has 1 aromatic carbocycles. The molecule has 1 heterocycles. The molecule has 0 saturated heterocycles. The second-order valence-electron chi connectivity index (χ2n) is 3.69. The van der Waals surface area contributed by atoms with E-state index < -0.39 is 0 Å². The van der Waals surface area contributed by atoms with Crippen LogP contribution in [0, 0.1) is 0 Å². The fourth-order valence-corrected chi connectivity index (χ4v) is 1.96. The summed E-state index contributed by atoms with van der Waals surface area (Å²) < 4.78 is 0. The van der Waals surface area contributed by atoms with Crippen LogP contribution in [0.4, 0.5) is 0 Å². The normalized spacial score (nSPS) is 11.9. The Morgan fingerprint density at radius 1 is 1.41 bits per heavy atom. The molecule has 0 unspecified atom stereocenters. The van der Waals surface area contributed by atoms with Crippen molar-refractivity contribution in [2.75, 3.05) is 0 Å². The molecule has 90 valence electrons. The zero-order chi connectivity index (χ0) is 11.5. The number of halogens is 2. The molecule has 4 heteroatoms. The van der Waals surface area contributed by atoms with Gasteiger partial charge < -0.3 is 5.73 Å². The van der Waals surface area contributed by atoms with Crippen molar-refractivity contribution in [2.24, 2.45) is 5.73 Å². The largest absolute Gasteiger partial charge is 0.324 e. The van der Waals surface area contributed by atoms with Crippen LogP contribution in [0.25, 0.3) is 10.9 Å². The molecule has 0 spiro atoms. The van der Waals surface area contributed by atoms with Crippen molar-refractivity contribution >= 4 is 34.9 Å². The molecule has 0 saturated carbocycles. The molecule has 1 aromatic heterocycles. The van der Waals surface area contributed by atoms with Crippen LogP contribution in [-0.4, -0.2) is 4.98 Å². The number of fused-ring (bicyclic) bond motifs is 1. The summed E-state index contributed by atoms with van der Waals surface area (Å²) >= 11 is 6.11. The molecule has 0 aliphatic rings. The van der Waals surface area contributed by atoms with Gasteiger partial charge in [0, 0.05) is 17.0 Å². The molecule has 0 bridgehead atoms. The standard InChI is InChI=1S/C13H13ClN2.ClH/c1-2-5-11(15)10-8-9-6-3-4-7-12(9)16-13(10)14;/h2-4,6-8,11H,1,5,15H2;1H/t11-;/m1./s1. The Balaban J connectivity index is 0.00000144. The fraction of sp³-hybridized carbons (Fsp3) is 0.154. The fourth-order valence-electron chi connectivity index (χ4n) is 1.68. The van der Waals surface area contributed by atoms with Gasteiger partial charge in [0.1, 0.15) is 5.15 Å². The maximum atomic E-state index is 6.11. The number of benzene rings is 1. The summed E-state index contributed by atoms with van der Waals surface area (Å²) in [4.78, 5) is 4.33. The summed E-state index contributed by atoms with van der Waals surface area (Å²) in [7, 11) is 0. The number of hydrogen-bond acceptors (Lipinski definition) is 2. The van der Waals surface area contributed by atoms with E-state index in [4.69, 9.17) is 17.3 Å². The van der Waals surface area contributed by atoms with Gasteiger partial charge in [-0.2, -0.15) is 0 Å². The second kappa shape index (κ2) is 6.01. The van der Waals surface area contributed by atoms with Gasteiger partial charge in [0.05, 0.1) is 5.52 Å². The molecule has 2 N–H and O–H groups in total. The Morgan fingerprint density at radius 2 is 2.12 bits per heavy atom. The van der Waals surface area contributed by atoms with Crippen molar-refractivity contribution in [1.29, 1.82) is 0 Å². The minimum atomic E-state index is -0.137. The average molecular weight is 269 g/mol. The van der Waals surface area contributed by atoms with Crippen molar-refractivity contribution in [1.82, 2.24) is 4.98 Å². The lowest BCUT2D eigenvalue weighted by Crippen LogP contribution is -2.10. The number of nitrogens with zero attached hydrogens (tertiary/aromatic N) is 1. The summed E-state index contributed by atoms with van der Waals surface area (Å²) in [5.74, 6) is 0. The quantitative estimate of drug-likeness (QED) is 0.678. The van der Waals surface area contributed by atoms with Gasteiger partial charge in [-0.1, -0.05) is 35.9 Å². The molecule has 2 aromatic rings. The highest BCUT2D eigenvalue weighted by atomic mass is 35.5. The zero-order valence-electron chi connectivity index (χ0n) is 9.27. The highest BCUT2D eigenvalue weighted by molar-refractivity contribution is 6.30. The van der Waals surface area contributed by atoms with E-state index in [2.05, 4.69) is 11.6 Å². The smallest absolute Gasteiger partial charge is 0.134 e. The van der Waals surface area contributed by atoms with Crippen molar-refractivity contribution < 1.29 is 0 Å². The van der Waals surface area contributed by atoms with Gasteiger partial charge in [-0.05, 0) is 18.6 Å². The minimum Gasteiger partial charge on any atom is -0.324 e. The first kappa shape index (κ1) is 14.0. The molecule has 2 nitrogen and oxygen atoms in total. The molecule has 0 fully saturated rings. The van der Waals surface area contributed by atoms with Gasteiger partial charge in [0.25, 0.3) is 0 Å². The third-order valence-corrected chi connectivity index (χ3v) is 2.83. The lowest BCUT2D eigenvalue weighted by Gasteiger charge is -2.12. The van der Waals surface area contributed by atoms with E-state index >= 15 is 0 Å². The van der Waals surface area contributed by atoms with E-state index in [1.165, 1.54) is 0 Å². The SMILES string of the molecule is C=CC[C@@H](N)c1cc2ccccc2nc1Cl.Cl. The number of para-hydroxylation sites is 1. The van der Waals surface area contributed by atoms with Gasteiger partial charge >= 0.3 is 0 Å². The molecule has 0 aliphatic carbocycles. The van der Waals surface area contributed by atoms with Crippen LogP contribution in [0.15, 0.2) is 43.0 Å². The molecule has 0 aliphatic heterocycles. The van der Waals surface area contributed by atoms with E-state index in [0.717, 1.165) is 16.5 Å². The predicted molar refractivity (Wildman–Crippen MR) is 75.7 cm³/mol. The van der Waals surface area contributed by atoms with Crippen LogP contribution < -0.4 is 5.73 Å². The van der Waals surface area contributed by atoms with Crippen molar-refractivity contribution in [2.45, 2.75) is 12.5 Å². The highest BCUT2D eigenvalue weighted by Gasteiger charge is 2.11. The lowest BCUT2D eigenvalue weighted by molar-refractivity contribution is 0.740. The van der Waals surface area contributed by atoms with Gasteiger partial charge in [0.15, 0.2) is 0 Å². The molecular weight excluding hydrogens is 255 g/mol.